The molecule has 1 saturated heterocycles. The van der Waals surface area contributed by atoms with Crippen LogP contribution < -0.4 is 5.32 Å². The standard InChI is InChI=1S/C23H18F3N5O/c1-2-20(32)31-12-15(11-27)19(13-31)28-22-18-6-4-3-5-17(18)21(29-30-22)14-7-9-16(10-8-14)23(24,25)26/h2-10,15,19H,1,12-13H2,(H,28,30)/t15?,19-/m0/s1. The highest BCUT2D eigenvalue weighted by atomic mass is 19.4. The third-order valence-corrected chi connectivity index (χ3v) is 5.47. The number of aromatic nitrogens is 2. The van der Waals surface area contributed by atoms with Crippen LogP contribution in [-0.4, -0.2) is 40.1 Å². The molecule has 3 aromatic rings. The van der Waals surface area contributed by atoms with Gasteiger partial charge in [0.1, 0.15) is 5.69 Å². The molecule has 2 aromatic carbocycles. The number of anilines is 1. The predicted molar refractivity (Wildman–Crippen MR) is 113 cm³/mol. The molecule has 4 rings (SSSR count). The van der Waals surface area contributed by atoms with Gasteiger partial charge in [0.15, 0.2) is 5.82 Å². The lowest BCUT2D eigenvalue weighted by atomic mass is 10.0. The Hall–Kier alpha value is -3.93. The van der Waals surface area contributed by atoms with E-state index in [1.165, 1.54) is 18.2 Å². The summed E-state index contributed by atoms with van der Waals surface area (Å²) in [6, 6.07) is 13.9. The molecule has 0 radical (unpaired) electrons. The highest BCUT2D eigenvalue weighted by Gasteiger charge is 2.35. The van der Waals surface area contributed by atoms with Crippen molar-refractivity contribution in [2.24, 2.45) is 5.92 Å². The summed E-state index contributed by atoms with van der Waals surface area (Å²) >= 11 is 0. The Labute approximate surface area is 182 Å². The van der Waals surface area contributed by atoms with E-state index in [9.17, 15) is 23.2 Å². The number of nitrogens with zero attached hydrogens (tertiary/aromatic N) is 4. The van der Waals surface area contributed by atoms with E-state index < -0.39 is 17.7 Å². The van der Waals surface area contributed by atoms with Crippen LogP contribution in [-0.2, 0) is 11.0 Å². The topological polar surface area (TPSA) is 81.9 Å². The Bertz CT molecular complexity index is 1220. The quantitative estimate of drug-likeness (QED) is 0.617. The third-order valence-electron chi connectivity index (χ3n) is 5.47. The van der Waals surface area contributed by atoms with Crippen molar-refractivity contribution in [1.29, 1.82) is 5.26 Å². The molecule has 1 aliphatic rings. The monoisotopic (exact) mass is 437 g/mol. The van der Waals surface area contributed by atoms with Gasteiger partial charge in [0.25, 0.3) is 0 Å². The van der Waals surface area contributed by atoms with E-state index in [1.807, 2.05) is 18.2 Å². The fourth-order valence-corrected chi connectivity index (χ4v) is 3.81. The van der Waals surface area contributed by atoms with Crippen LogP contribution in [0.2, 0.25) is 0 Å². The number of amides is 1. The Balaban J connectivity index is 1.68. The lowest BCUT2D eigenvalue weighted by molar-refractivity contribution is -0.137. The van der Waals surface area contributed by atoms with Crippen molar-refractivity contribution in [3.63, 3.8) is 0 Å². The summed E-state index contributed by atoms with van der Waals surface area (Å²) in [5.41, 5.74) is 0.220. The van der Waals surface area contributed by atoms with Crippen LogP contribution in [0.5, 0.6) is 0 Å². The zero-order valence-electron chi connectivity index (χ0n) is 16.8. The number of halogens is 3. The fourth-order valence-electron chi connectivity index (χ4n) is 3.81. The molecule has 2 atom stereocenters. The van der Waals surface area contributed by atoms with Crippen molar-refractivity contribution < 1.29 is 18.0 Å². The molecule has 1 amide bonds. The van der Waals surface area contributed by atoms with Crippen LogP contribution in [0.15, 0.2) is 61.2 Å². The first kappa shape index (κ1) is 21.3. The average molecular weight is 437 g/mol. The molecule has 0 bridgehead atoms. The molecule has 162 valence electrons. The Kier molecular flexibility index (Phi) is 5.53. The van der Waals surface area contributed by atoms with Gasteiger partial charge in [-0.1, -0.05) is 43.0 Å². The first-order chi connectivity index (χ1) is 15.3. The number of likely N-dealkylation sites (tertiary alicyclic amines) is 1. The van der Waals surface area contributed by atoms with Crippen molar-refractivity contribution in [1.82, 2.24) is 15.1 Å². The van der Waals surface area contributed by atoms with E-state index in [2.05, 4.69) is 28.2 Å². The fraction of sp³-hybridized carbons (Fsp3) is 0.217. The lowest BCUT2D eigenvalue weighted by Crippen LogP contribution is -2.31. The minimum atomic E-state index is -4.42. The van der Waals surface area contributed by atoms with E-state index in [0.717, 1.165) is 12.1 Å². The number of nitrogens with one attached hydrogen (secondary N) is 1. The average Bonchev–Trinajstić information content (AvgIpc) is 3.21. The Morgan fingerprint density at radius 1 is 1.12 bits per heavy atom. The van der Waals surface area contributed by atoms with Gasteiger partial charge in [-0.05, 0) is 18.2 Å². The first-order valence-corrected chi connectivity index (χ1v) is 9.82. The molecule has 1 N–H and O–H groups in total. The van der Waals surface area contributed by atoms with E-state index in [0.29, 0.717) is 34.4 Å². The summed E-state index contributed by atoms with van der Waals surface area (Å²) in [6.07, 6.45) is -3.20. The van der Waals surface area contributed by atoms with Crippen LogP contribution in [0, 0.1) is 17.2 Å². The number of hydrogen-bond donors (Lipinski definition) is 1. The van der Waals surface area contributed by atoms with Gasteiger partial charge in [-0.3, -0.25) is 4.79 Å². The van der Waals surface area contributed by atoms with Gasteiger partial charge in [-0.25, -0.2) is 0 Å². The van der Waals surface area contributed by atoms with Crippen LogP contribution in [0.4, 0.5) is 19.0 Å². The van der Waals surface area contributed by atoms with Crippen molar-refractivity contribution in [2.75, 3.05) is 18.4 Å². The largest absolute Gasteiger partial charge is 0.416 e. The highest BCUT2D eigenvalue weighted by Crippen LogP contribution is 2.34. The molecule has 1 aliphatic heterocycles. The Morgan fingerprint density at radius 3 is 2.44 bits per heavy atom. The van der Waals surface area contributed by atoms with E-state index >= 15 is 0 Å². The van der Waals surface area contributed by atoms with Gasteiger partial charge >= 0.3 is 6.18 Å². The van der Waals surface area contributed by atoms with Gasteiger partial charge in [0.05, 0.1) is 23.6 Å². The highest BCUT2D eigenvalue weighted by molar-refractivity contribution is 6.00. The van der Waals surface area contributed by atoms with E-state index in [4.69, 9.17) is 0 Å². The summed E-state index contributed by atoms with van der Waals surface area (Å²) in [7, 11) is 0. The Morgan fingerprint density at radius 2 is 1.81 bits per heavy atom. The van der Waals surface area contributed by atoms with Crippen LogP contribution in [0.25, 0.3) is 22.0 Å². The molecule has 2 heterocycles. The summed E-state index contributed by atoms with van der Waals surface area (Å²) in [6.45, 7) is 4.09. The molecule has 6 nitrogen and oxygen atoms in total. The number of alkyl halides is 3. The number of fused-ring (bicyclic) bond motifs is 1. The summed E-state index contributed by atoms with van der Waals surface area (Å²) < 4.78 is 38.7. The number of carbonyl (C=O) groups is 1. The van der Waals surface area contributed by atoms with E-state index in [1.54, 1.807) is 11.0 Å². The maximum Gasteiger partial charge on any atom is 0.416 e. The molecule has 0 spiro atoms. The van der Waals surface area contributed by atoms with Crippen molar-refractivity contribution in [3.8, 4) is 17.3 Å². The maximum atomic E-state index is 12.9. The molecule has 1 fully saturated rings. The molecule has 0 saturated carbocycles. The lowest BCUT2D eigenvalue weighted by Gasteiger charge is -2.18. The van der Waals surface area contributed by atoms with Gasteiger partial charge in [-0.2, -0.15) is 18.4 Å². The number of benzene rings is 2. The van der Waals surface area contributed by atoms with Gasteiger partial charge in [-0.15, -0.1) is 10.2 Å². The maximum absolute atomic E-state index is 12.9. The SMILES string of the molecule is C=CC(=O)N1CC(C#N)[C@@H](Nc2nnc(-c3ccc(C(F)(F)F)cc3)c3ccccc23)C1. The molecule has 32 heavy (non-hydrogen) atoms. The summed E-state index contributed by atoms with van der Waals surface area (Å²) in [4.78, 5) is 13.5. The minimum Gasteiger partial charge on any atom is -0.362 e. The van der Waals surface area contributed by atoms with Crippen LogP contribution in [0.1, 0.15) is 5.56 Å². The number of rotatable bonds is 4. The normalized spacial score (nSPS) is 18.4. The predicted octanol–water partition coefficient (Wildman–Crippen LogP) is 4.26. The third kappa shape index (κ3) is 3.99. The van der Waals surface area contributed by atoms with E-state index in [-0.39, 0.29) is 18.5 Å². The molecule has 1 unspecified atom stereocenters. The molecule has 0 aliphatic carbocycles. The summed E-state index contributed by atoms with van der Waals surface area (Å²) in [5, 5.41) is 22.7. The minimum absolute atomic E-state index is 0.247. The number of hydrogen-bond acceptors (Lipinski definition) is 5. The van der Waals surface area contributed by atoms with Crippen molar-refractivity contribution in [3.05, 3.63) is 66.7 Å². The van der Waals surface area contributed by atoms with Crippen molar-refractivity contribution in [2.45, 2.75) is 12.2 Å². The van der Waals surface area contributed by atoms with Gasteiger partial charge < -0.3 is 10.2 Å². The van der Waals surface area contributed by atoms with Crippen LogP contribution >= 0.6 is 0 Å². The van der Waals surface area contributed by atoms with Gasteiger partial charge in [0, 0.05) is 29.4 Å². The van der Waals surface area contributed by atoms with Gasteiger partial charge in [0.2, 0.25) is 5.91 Å². The second kappa shape index (κ2) is 8.30. The zero-order chi connectivity index (χ0) is 22.9. The number of carbonyl (C=O) groups excluding carboxylic acids is 1. The number of nitriles is 1. The first-order valence-electron chi connectivity index (χ1n) is 9.82. The summed E-state index contributed by atoms with van der Waals surface area (Å²) in [5.74, 6) is -0.244. The molecule has 9 heteroatoms. The van der Waals surface area contributed by atoms with Crippen molar-refractivity contribution >= 4 is 22.5 Å². The molecular weight excluding hydrogens is 419 g/mol. The van der Waals surface area contributed by atoms with Crippen LogP contribution in [0.3, 0.4) is 0 Å². The molecule has 1 aromatic heterocycles. The second-order valence-corrected chi connectivity index (χ2v) is 7.45. The smallest absolute Gasteiger partial charge is 0.362 e. The molecular formula is C23H18F3N5O. The zero-order valence-corrected chi connectivity index (χ0v) is 16.8. The second-order valence-electron chi connectivity index (χ2n) is 7.45.